The molecule has 3 rings (SSSR count). The predicted molar refractivity (Wildman–Crippen MR) is 117 cm³/mol. The zero-order valence-corrected chi connectivity index (χ0v) is 18.5. The van der Waals surface area contributed by atoms with E-state index in [0.29, 0.717) is 13.2 Å². The SMILES string of the molecule is Br.COCC(C)NC(=NCc1occc1C)N1CCN(c2ccccn2)CC1. The molecule has 2 aromatic heterocycles. The first-order valence-electron chi connectivity index (χ1n) is 9.41. The lowest BCUT2D eigenvalue weighted by Crippen LogP contribution is -2.54. The van der Waals surface area contributed by atoms with Gasteiger partial charge in [-0.1, -0.05) is 6.07 Å². The van der Waals surface area contributed by atoms with E-state index in [4.69, 9.17) is 14.1 Å². The molecule has 7 nitrogen and oxygen atoms in total. The number of guanidine groups is 1. The molecule has 3 heterocycles. The van der Waals surface area contributed by atoms with Crippen LogP contribution in [0.1, 0.15) is 18.2 Å². The highest BCUT2D eigenvalue weighted by atomic mass is 79.9. The molecule has 0 spiro atoms. The molecule has 1 aliphatic heterocycles. The van der Waals surface area contributed by atoms with Gasteiger partial charge in [0.2, 0.25) is 0 Å². The summed E-state index contributed by atoms with van der Waals surface area (Å²) in [5.74, 6) is 2.83. The van der Waals surface area contributed by atoms with E-state index in [0.717, 1.165) is 49.3 Å². The van der Waals surface area contributed by atoms with E-state index in [1.165, 1.54) is 0 Å². The fourth-order valence-corrected chi connectivity index (χ4v) is 3.15. The van der Waals surface area contributed by atoms with Crippen LogP contribution in [-0.4, -0.2) is 61.8 Å². The number of rotatable bonds is 6. The first kappa shape index (κ1) is 22.2. The zero-order valence-electron chi connectivity index (χ0n) is 16.8. The molecule has 0 radical (unpaired) electrons. The van der Waals surface area contributed by atoms with Crippen LogP contribution < -0.4 is 10.2 Å². The van der Waals surface area contributed by atoms with Crippen LogP contribution in [0.15, 0.2) is 46.1 Å². The summed E-state index contributed by atoms with van der Waals surface area (Å²) in [5.41, 5.74) is 1.13. The maximum Gasteiger partial charge on any atom is 0.194 e. The van der Waals surface area contributed by atoms with Crippen molar-refractivity contribution in [2.45, 2.75) is 26.4 Å². The third-order valence-corrected chi connectivity index (χ3v) is 4.69. The number of aliphatic imine (C=N–C) groups is 1. The third-order valence-electron chi connectivity index (χ3n) is 4.69. The van der Waals surface area contributed by atoms with Crippen LogP contribution in [0.2, 0.25) is 0 Å². The predicted octanol–water partition coefficient (Wildman–Crippen LogP) is 2.86. The van der Waals surface area contributed by atoms with Crippen molar-refractivity contribution >= 4 is 28.8 Å². The lowest BCUT2D eigenvalue weighted by Gasteiger charge is -2.37. The number of nitrogens with zero attached hydrogens (tertiary/aromatic N) is 4. The zero-order chi connectivity index (χ0) is 19.1. The second kappa shape index (κ2) is 11.1. The lowest BCUT2D eigenvalue weighted by molar-refractivity contribution is 0.177. The maximum absolute atomic E-state index is 5.53. The molecule has 0 aliphatic carbocycles. The van der Waals surface area contributed by atoms with Crippen molar-refractivity contribution in [2.75, 3.05) is 44.8 Å². The van der Waals surface area contributed by atoms with Crippen molar-refractivity contribution in [3.05, 3.63) is 48.0 Å². The molecule has 154 valence electrons. The Hall–Kier alpha value is -2.06. The van der Waals surface area contributed by atoms with Crippen molar-refractivity contribution in [1.82, 2.24) is 15.2 Å². The summed E-state index contributed by atoms with van der Waals surface area (Å²) in [7, 11) is 1.72. The van der Waals surface area contributed by atoms with E-state index in [-0.39, 0.29) is 23.0 Å². The number of pyridine rings is 1. The van der Waals surface area contributed by atoms with E-state index in [9.17, 15) is 0 Å². The van der Waals surface area contributed by atoms with E-state index < -0.39 is 0 Å². The molecule has 1 fully saturated rings. The van der Waals surface area contributed by atoms with Crippen molar-refractivity contribution in [2.24, 2.45) is 4.99 Å². The number of aryl methyl sites for hydroxylation is 1. The summed E-state index contributed by atoms with van der Waals surface area (Å²) in [5, 5.41) is 3.50. The maximum atomic E-state index is 5.53. The number of halogens is 1. The molecule has 2 aromatic rings. The van der Waals surface area contributed by atoms with Crippen molar-refractivity contribution < 1.29 is 9.15 Å². The summed E-state index contributed by atoms with van der Waals surface area (Å²) in [6.45, 7) is 8.90. The molecule has 1 atom stereocenters. The van der Waals surface area contributed by atoms with Crippen molar-refractivity contribution in [3.8, 4) is 0 Å². The van der Waals surface area contributed by atoms with Gasteiger partial charge in [0.25, 0.3) is 0 Å². The quantitative estimate of drug-likeness (QED) is 0.537. The number of ether oxygens (including phenoxy) is 1. The number of furan rings is 1. The normalized spacial score (nSPS) is 15.9. The molecule has 8 heteroatoms. The number of anilines is 1. The molecule has 28 heavy (non-hydrogen) atoms. The Kier molecular flexibility index (Phi) is 8.79. The van der Waals surface area contributed by atoms with E-state index in [2.05, 4.69) is 33.1 Å². The molecule has 1 unspecified atom stereocenters. The molecule has 1 aliphatic rings. The summed E-state index contributed by atoms with van der Waals surface area (Å²) in [6, 6.07) is 8.18. The highest BCUT2D eigenvalue weighted by Crippen LogP contribution is 2.14. The summed E-state index contributed by atoms with van der Waals surface area (Å²) < 4.78 is 10.8. The Morgan fingerprint density at radius 2 is 2.07 bits per heavy atom. The van der Waals surface area contributed by atoms with Crippen LogP contribution in [0, 0.1) is 6.92 Å². The number of hydrogen-bond donors (Lipinski definition) is 1. The second-order valence-electron chi connectivity index (χ2n) is 6.83. The fourth-order valence-electron chi connectivity index (χ4n) is 3.15. The number of hydrogen-bond acceptors (Lipinski definition) is 5. The Morgan fingerprint density at radius 1 is 1.29 bits per heavy atom. The average Bonchev–Trinajstić information content (AvgIpc) is 3.11. The summed E-state index contributed by atoms with van der Waals surface area (Å²) in [4.78, 5) is 13.9. The molecule has 1 saturated heterocycles. The van der Waals surface area contributed by atoms with Crippen molar-refractivity contribution in [1.29, 1.82) is 0 Å². The van der Waals surface area contributed by atoms with Gasteiger partial charge in [0.15, 0.2) is 5.96 Å². The first-order chi connectivity index (χ1) is 13.2. The molecular formula is C20H30BrN5O2. The van der Waals surface area contributed by atoms with Crippen LogP contribution in [0.4, 0.5) is 5.82 Å². The van der Waals surface area contributed by atoms with Gasteiger partial charge in [0, 0.05) is 45.5 Å². The lowest BCUT2D eigenvalue weighted by atomic mass is 10.3. The molecule has 0 saturated carbocycles. The smallest absolute Gasteiger partial charge is 0.194 e. The van der Waals surface area contributed by atoms with Crippen LogP contribution >= 0.6 is 17.0 Å². The van der Waals surface area contributed by atoms with Crippen LogP contribution in [-0.2, 0) is 11.3 Å². The molecule has 0 amide bonds. The van der Waals surface area contributed by atoms with Gasteiger partial charge in [-0.15, -0.1) is 17.0 Å². The Labute approximate surface area is 177 Å². The Morgan fingerprint density at radius 3 is 2.68 bits per heavy atom. The van der Waals surface area contributed by atoms with Gasteiger partial charge < -0.3 is 24.3 Å². The van der Waals surface area contributed by atoms with E-state index in [1.807, 2.05) is 31.3 Å². The van der Waals surface area contributed by atoms with Crippen LogP contribution in [0.3, 0.4) is 0 Å². The fraction of sp³-hybridized carbons (Fsp3) is 0.500. The largest absolute Gasteiger partial charge is 0.467 e. The van der Waals surface area contributed by atoms with Gasteiger partial charge >= 0.3 is 0 Å². The van der Waals surface area contributed by atoms with E-state index >= 15 is 0 Å². The topological polar surface area (TPSA) is 66.1 Å². The molecular weight excluding hydrogens is 422 g/mol. The van der Waals surface area contributed by atoms with Gasteiger partial charge in [0.05, 0.1) is 12.9 Å². The Bertz CT molecular complexity index is 729. The minimum absolute atomic E-state index is 0. The molecule has 1 N–H and O–H groups in total. The van der Waals surface area contributed by atoms with Crippen LogP contribution in [0.5, 0.6) is 0 Å². The summed E-state index contributed by atoms with van der Waals surface area (Å²) >= 11 is 0. The van der Waals surface area contributed by atoms with Crippen molar-refractivity contribution in [3.63, 3.8) is 0 Å². The number of methoxy groups -OCH3 is 1. The molecule has 0 bridgehead atoms. The highest BCUT2D eigenvalue weighted by molar-refractivity contribution is 8.93. The van der Waals surface area contributed by atoms with Gasteiger partial charge in [0.1, 0.15) is 18.1 Å². The Balaban J connectivity index is 0.00000280. The average molecular weight is 452 g/mol. The number of nitrogens with one attached hydrogen (secondary N) is 1. The van der Waals surface area contributed by atoms with Gasteiger partial charge in [-0.2, -0.15) is 0 Å². The number of aromatic nitrogens is 1. The first-order valence-corrected chi connectivity index (χ1v) is 9.41. The second-order valence-corrected chi connectivity index (χ2v) is 6.83. The molecule has 0 aromatic carbocycles. The minimum Gasteiger partial charge on any atom is -0.467 e. The van der Waals surface area contributed by atoms with Gasteiger partial charge in [-0.3, -0.25) is 0 Å². The van der Waals surface area contributed by atoms with E-state index in [1.54, 1.807) is 13.4 Å². The monoisotopic (exact) mass is 451 g/mol. The third kappa shape index (κ3) is 5.97. The highest BCUT2D eigenvalue weighted by Gasteiger charge is 2.21. The van der Waals surface area contributed by atoms with Gasteiger partial charge in [-0.05, 0) is 37.6 Å². The summed E-state index contributed by atoms with van der Waals surface area (Å²) in [6.07, 6.45) is 3.56. The standard InChI is InChI=1S/C20H29N5O2.BrH/c1-16-7-13-27-18(16)14-22-20(23-17(2)15-26-3)25-11-9-24(10-12-25)19-6-4-5-8-21-19;/h4-8,13,17H,9-12,14-15H2,1-3H3,(H,22,23);1H. The van der Waals surface area contributed by atoms with Crippen LogP contribution in [0.25, 0.3) is 0 Å². The minimum atomic E-state index is 0. The van der Waals surface area contributed by atoms with Gasteiger partial charge in [-0.25, -0.2) is 9.98 Å². The number of piperazine rings is 1.